The van der Waals surface area contributed by atoms with Crippen LogP contribution in [-0.2, 0) is 4.74 Å². The number of carbonyl (C=O) groups is 1. The molecule has 1 fully saturated rings. The van der Waals surface area contributed by atoms with Crippen molar-refractivity contribution in [3.05, 3.63) is 27.8 Å². The van der Waals surface area contributed by atoms with Crippen LogP contribution in [0.25, 0.3) is 0 Å². The zero-order valence-corrected chi connectivity index (χ0v) is 14.6. The minimum absolute atomic E-state index is 0.0589. The lowest BCUT2D eigenvalue weighted by molar-refractivity contribution is -0.384. The summed E-state index contributed by atoms with van der Waals surface area (Å²) in [4.78, 5) is 24.4. The predicted molar refractivity (Wildman–Crippen MR) is 89.0 cm³/mol. The molecule has 1 amide bonds. The number of halogens is 5. The summed E-state index contributed by atoms with van der Waals surface area (Å²) < 4.78 is 68.3. The highest BCUT2D eigenvalue weighted by Crippen LogP contribution is 2.36. The van der Waals surface area contributed by atoms with E-state index >= 15 is 0 Å². The SMILES string of the molecule is CNc1cc(N2CCOCC2)c(C(=O)NCC(F)(F)C(F)(F)F)cc1[N+](=O)[O-]. The van der Waals surface area contributed by atoms with E-state index in [-0.39, 0.29) is 16.9 Å². The fourth-order valence-corrected chi connectivity index (χ4v) is 2.56. The molecule has 0 spiro atoms. The molecule has 1 aromatic carbocycles. The van der Waals surface area contributed by atoms with Gasteiger partial charge in [-0.05, 0) is 6.07 Å². The van der Waals surface area contributed by atoms with E-state index in [0.29, 0.717) is 26.3 Å². The second-order valence-corrected chi connectivity index (χ2v) is 5.88. The van der Waals surface area contributed by atoms with E-state index in [1.807, 2.05) is 0 Å². The lowest BCUT2D eigenvalue weighted by Crippen LogP contribution is -2.47. The molecule has 1 aromatic rings. The van der Waals surface area contributed by atoms with Crippen molar-refractivity contribution in [1.82, 2.24) is 5.32 Å². The predicted octanol–water partition coefficient (Wildman–Crippen LogP) is 2.40. The molecule has 1 saturated heterocycles. The van der Waals surface area contributed by atoms with Gasteiger partial charge in [-0.25, -0.2) is 0 Å². The molecule has 13 heteroatoms. The molecular formula is C15H17F5N4O4. The maximum absolute atomic E-state index is 13.1. The summed E-state index contributed by atoms with van der Waals surface area (Å²) in [6.45, 7) is -0.794. The van der Waals surface area contributed by atoms with E-state index in [2.05, 4.69) is 5.32 Å². The Labute approximate surface area is 155 Å². The average molecular weight is 412 g/mol. The second-order valence-electron chi connectivity index (χ2n) is 5.88. The molecule has 2 N–H and O–H groups in total. The Morgan fingerprint density at radius 2 is 1.86 bits per heavy atom. The van der Waals surface area contributed by atoms with E-state index < -0.39 is 35.2 Å². The van der Waals surface area contributed by atoms with Crippen LogP contribution in [0, 0.1) is 10.1 Å². The van der Waals surface area contributed by atoms with Gasteiger partial charge >= 0.3 is 12.1 Å². The number of rotatable bonds is 6. The molecule has 0 radical (unpaired) electrons. The number of alkyl halides is 5. The van der Waals surface area contributed by atoms with Gasteiger partial charge in [0.05, 0.1) is 35.9 Å². The summed E-state index contributed by atoms with van der Waals surface area (Å²) in [5.74, 6) is -6.42. The lowest BCUT2D eigenvalue weighted by Gasteiger charge is -2.30. The number of hydrogen-bond donors (Lipinski definition) is 2. The molecule has 0 atom stereocenters. The van der Waals surface area contributed by atoms with E-state index in [0.717, 1.165) is 6.07 Å². The van der Waals surface area contributed by atoms with Gasteiger partial charge in [0, 0.05) is 26.2 Å². The standard InChI is InChI=1S/C15H17F5N4O4/c1-21-10-7-11(23-2-4-28-5-3-23)9(6-12(10)24(26)27)13(25)22-8-14(16,17)15(18,19)20/h6-7,21H,2-5,8H2,1H3,(H,22,25). The first kappa shape index (κ1) is 21.6. The highest BCUT2D eigenvalue weighted by molar-refractivity contribution is 6.02. The summed E-state index contributed by atoms with van der Waals surface area (Å²) in [5, 5.41) is 15.3. The zero-order valence-electron chi connectivity index (χ0n) is 14.6. The Bertz CT molecular complexity index is 751. The van der Waals surface area contributed by atoms with Crippen LogP contribution in [0.3, 0.4) is 0 Å². The van der Waals surface area contributed by atoms with Gasteiger partial charge in [0.1, 0.15) is 5.69 Å². The molecule has 0 unspecified atom stereocenters. The second kappa shape index (κ2) is 8.12. The molecule has 1 aliphatic rings. The number of benzene rings is 1. The highest BCUT2D eigenvalue weighted by Gasteiger charge is 2.57. The van der Waals surface area contributed by atoms with Crippen LogP contribution < -0.4 is 15.5 Å². The summed E-state index contributed by atoms with van der Waals surface area (Å²) >= 11 is 0. The third-order valence-corrected chi connectivity index (χ3v) is 4.06. The van der Waals surface area contributed by atoms with Gasteiger partial charge in [0.15, 0.2) is 0 Å². The minimum Gasteiger partial charge on any atom is -0.383 e. The Hall–Kier alpha value is -2.70. The van der Waals surface area contributed by atoms with E-state index in [9.17, 15) is 36.9 Å². The maximum Gasteiger partial charge on any atom is 0.455 e. The lowest BCUT2D eigenvalue weighted by atomic mass is 10.1. The summed E-state index contributed by atoms with van der Waals surface area (Å²) in [5.41, 5.74) is -0.687. The quantitative estimate of drug-likeness (QED) is 0.423. The van der Waals surface area contributed by atoms with Crippen molar-refractivity contribution in [2.75, 3.05) is 50.1 Å². The van der Waals surface area contributed by atoms with Crippen molar-refractivity contribution >= 4 is 23.0 Å². The van der Waals surface area contributed by atoms with Crippen molar-refractivity contribution < 1.29 is 36.4 Å². The van der Waals surface area contributed by atoms with Gasteiger partial charge in [-0.15, -0.1) is 0 Å². The topological polar surface area (TPSA) is 96.7 Å². The van der Waals surface area contributed by atoms with Crippen LogP contribution in [0.4, 0.5) is 39.0 Å². The number of amides is 1. The monoisotopic (exact) mass is 412 g/mol. The number of nitro groups is 1. The molecule has 0 saturated carbocycles. The molecule has 0 aromatic heterocycles. The zero-order chi connectivity index (χ0) is 21.1. The molecule has 1 heterocycles. The smallest absolute Gasteiger partial charge is 0.383 e. The van der Waals surface area contributed by atoms with Crippen LogP contribution in [0.2, 0.25) is 0 Å². The molecular weight excluding hydrogens is 395 g/mol. The Kier molecular flexibility index (Phi) is 6.27. The number of carbonyl (C=O) groups excluding carboxylic acids is 1. The molecule has 0 aliphatic carbocycles. The molecule has 28 heavy (non-hydrogen) atoms. The Morgan fingerprint density at radius 1 is 1.25 bits per heavy atom. The molecule has 2 rings (SSSR count). The van der Waals surface area contributed by atoms with Crippen LogP contribution in [0.5, 0.6) is 0 Å². The first-order chi connectivity index (χ1) is 13.0. The minimum atomic E-state index is -5.84. The third-order valence-electron chi connectivity index (χ3n) is 4.06. The van der Waals surface area contributed by atoms with Gasteiger partial charge < -0.3 is 20.3 Å². The van der Waals surface area contributed by atoms with Crippen molar-refractivity contribution in [2.45, 2.75) is 12.1 Å². The van der Waals surface area contributed by atoms with E-state index in [1.54, 1.807) is 4.90 Å². The maximum atomic E-state index is 13.1. The number of morpholine rings is 1. The Balaban J connectivity index is 2.40. The number of nitro benzene ring substituents is 1. The normalized spacial score (nSPS) is 15.3. The first-order valence-corrected chi connectivity index (χ1v) is 8.03. The number of ether oxygens (including phenoxy) is 1. The molecule has 8 nitrogen and oxygen atoms in total. The molecule has 1 aliphatic heterocycles. The van der Waals surface area contributed by atoms with Crippen LogP contribution in [0.1, 0.15) is 10.4 Å². The van der Waals surface area contributed by atoms with E-state index in [4.69, 9.17) is 4.74 Å². The number of anilines is 2. The molecule has 0 bridgehead atoms. The third kappa shape index (κ3) is 4.58. The molecule has 156 valence electrons. The summed E-state index contributed by atoms with van der Waals surface area (Å²) in [6.07, 6.45) is -5.84. The number of nitrogens with one attached hydrogen (secondary N) is 2. The van der Waals surface area contributed by atoms with Crippen molar-refractivity contribution in [2.24, 2.45) is 0 Å². The van der Waals surface area contributed by atoms with Crippen LogP contribution >= 0.6 is 0 Å². The number of nitrogens with zero attached hydrogens (tertiary/aromatic N) is 2. The van der Waals surface area contributed by atoms with Gasteiger partial charge in [-0.1, -0.05) is 0 Å². The fraction of sp³-hybridized carbons (Fsp3) is 0.533. The van der Waals surface area contributed by atoms with Crippen molar-refractivity contribution in [3.8, 4) is 0 Å². The van der Waals surface area contributed by atoms with Gasteiger partial charge in [-0.2, -0.15) is 22.0 Å². The first-order valence-electron chi connectivity index (χ1n) is 8.03. The Morgan fingerprint density at radius 3 is 2.36 bits per heavy atom. The van der Waals surface area contributed by atoms with Crippen molar-refractivity contribution in [1.29, 1.82) is 0 Å². The van der Waals surface area contributed by atoms with Crippen molar-refractivity contribution in [3.63, 3.8) is 0 Å². The van der Waals surface area contributed by atoms with Crippen LogP contribution in [0.15, 0.2) is 12.1 Å². The largest absolute Gasteiger partial charge is 0.455 e. The summed E-state index contributed by atoms with van der Waals surface area (Å²) in [7, 11) is 1.41. The van der Waals surface area contributed by atoms with E-state index in [1.165, 1.54) is 18.4 Å². The summed E-state index contributed by atoms with van der Waals surface area (Å²) in [6, 6.07) is 2.12. The fourth-order valence-electron chi connectivity index (χ4n) is 2.56. The van der Waals surface area contributed by atoms with Gasteiger partial charge in [-0.3, -0.25) is 14.9 Å². The average Bonchev–Trinajstić information content (AvgIpc) is 2.64. The highest BCUT2D eigenvalue weighted by atomic mass is 19.4. The van der Waals surface area contributed by atoms with Crippen LogP contribution in [-0.4, -0.2) is 62.8 Å². The van der Waals surface area contributed by atoms with Gasteiger partial charge in [0.25, 0.3) is 11.6 Å². The number of hydrogen-bond acceptors (Lipinski definition) is 6. The van der Waals surface area contributed by atoms with Gasteiger partial charge in [0.2, 0.25) is 0 Å².